The predicted octanol–water partition coefficient (Wildman–Crippen LogP) is 2.38. The maximum Gasteiger partial charge on any atom is 0.135 e. The maximum atomic E-state index is 11.3. The molecule has 14 heavy (non-hydrogen) atoms. The molecule has 0 aliphatic heterocycles. The van der Waals surface area contributed by atoms with Crippen LogP contribution in [0.5, 0.6) is 0 Å². The lowest BCUT2D eigenvalue weighted by atomic mass is 9.95. The van der Waals surface area contributed by atoms with Gasteiger partial charge < -0.3 is 0 Å². The fraction of sp³-hybridized carbons (Fsp3) is 0.500. The number of aromatic nitrogens is 1. The van der Waals surface area contributed by atoms with Crippen molar-refractivity contribution in [3.63, 3.8) is 0 Å². The summed E-state index contributed by atoms with van der Waals surface area (Å²) >= 11 is 0. The second-order valence-electron chi connectivity index (χ2n) is 4.16. The van der Waals surface area contributed by atoms with E-state index < -0.39 is 0 Å². The van der Waals surface area contributed by atoms with Gasteiger partial charge >= 0.3 is 0 Å². The molecule has 0 N–H and O–H groups in total. The van der Waals surface area contributed by atoms with Crippen molar-refractivity contribution in [2.75, 3.05) is 0 Å². The van der Waals surface area contributed by atoms with E-state index in [0.717, 1.165) is 31.4 Å². The summed E-state index contributed by atoms with van der Waals surface area (Å²) in [4.78, 5) is 15.6. The van der Waals surface area contributed by atoms with Crippen LogP contribution in [-0.4, -0.2) is 10.8 Å². The summed E-state index contributed by atoms with van der Waals surface area (Å²) in [5.41, 5.74) is 1.12. The number of carbonyl (C=O) groups is 1. The second-order valence-corrected chi connectivity index (χ2v) is 4.16. The Labute approximate surface area is 84.4 Å². The van der Waals surface area contributed by atoms with Crippen LogP contribution in [0.3, 0.4) is 0 Å². The molecule has 0 saturated heterocycles. The molecule has 0 radical (unpaired) electrons. The van der Waals surface area contributed by atoms with Crippen molar-refractivity contribution in [3.8, 4) is 0 Å². The van der Waals surface area contributed by atoms with Gasteiger partial charge in [-0.25, -0.2) is 0 Å². The van der Waals surface area contributed by atoms with Crippen LogP contribution in [0.1, 0.15) is 31.9 Å². The minimum atomic E-state index is 0.0253. The average Bonchev–Trinajstić information content (AvgIpc) is 2.97. The van der Waals surface area contributed by atoms with Gasteiger partial charge in [0.05, 0.1) is 0 Å². The van der Waals surface area contributed by atoms with Crippen LogP contribution in [0.15, 0.2) is 24.4 Å². The molecule has 1 aliphatic rings. The van der Waals surface area contributed by atoms with Gasteiger partial charge in [0.25, 0.3) is 0 Å². The molecular formula is C12H15NO. The zero-order valence-corrected chi connectivity index (χ0v) is 8.49. The highest BCUT2D eigenvalue weighted by atomic mass is 16.1. The Morgan fingerprint density at radius 2 is 2.29 bits per heavy atom. The molecule has 1 saturated carbocycles. The highest BCUT2D eigenvalue weighted by molar-refractivity contribution is 5.84. The SMILES string of the molecule is CC(=O)C1(CCc2ccccn2)CC1. The zero-order chi connectivity index (χ0) is 10.0. The Morgan fingerprint density at radius 3 is 2.79 bits per heavy atom. The lowest BCUT2D eigenvalue weighted by Gasteiger charge is -2.09. The van der Waals surface area contributed by atoms with Crippen LogP contribution in [0.2, 0.25) is 0 Å². The average molecular weight is 189 g/mol. The van der Waals surface area contributed by atoms with Crippen LogP contribution in [0.25, 0.3) is 0 Å². The number of hydrogen-bond donors (Lipinski definition) is 0. The lowest BCUT2D eigenvalue weighted by molar-refractivity contribution is -0.122. The summed E-state index contributed by atoms with van der Waals surface area (Å²) in [6.45, 7) is 1.71. The standard InChI is InChI=1S/C12H15NO/c1-10(14)12(7-8-12)6-5-11-4-2-3-9-13-11/h2-4,9H,5-8H2,1H3. The molecule has 0 amide bonds. The Balaban J connectivity index is 1.92. The van der Waals surface area contributed by atoms with Gasteiger partial charge in [-0.2, -0.15) is 0 Å². The number of hydrogen-bond acceptors (Lipinski definition) is 2. The van der Waals surface area contributed by atoms with Gasteiger partial charge in [-0.05, 0) is 44.7 Å². The Bertz CT molecular complexity index is 327. The van der Waals surface area contributed by atoms with E-state index >= 15 is 0 Å². The molecule has 1 aromatic rings. The van der Waals surface area contributed by atoms with Crippen LogP contribution < -0.4 is 0 Å². The summed E-state index contributed by atoms with van der Waals surface area (Å²) in [6.07, 6.45) is 5.87. The molecule has 1 fully saturated rings. The summed E-state index contributed by atoms with van der Waals surface area (Å²) in [7, 11) is 0. The van der Waals surface area contributed by atoms with E-state index in [1.807, 2.05) is 24.4 Å². The molecule has 74 valence electrons. The molecule has 0 spiro atoms. The van der Waals surface area contributed by atoms with Gasteiger partial charge in [0, 0.05) is 17.3 Å². The predicted molar refractivity (Wildman–Crippen MR) is 54.9 cm³/mol. The topological polar surface area (TPSA) is 30.0 Å². The molecule has 0 bridgehead atoms. The summed E-state index contributed by atoms with van der Waals surface area (Å²) in [5, 5.41) is 0. The van der Waals surface area contributed by atoms with E-state index in [1.54, 1.807) is 6.92 Å². The highest BCUT2D eigenvalue weighted by Crippen LogP contribution is 2.50. The zero-order valence-electron chi connectivity index (χ0n) is 8.49. The highest BCUT2D eigenvalue weighted by Gasteiger charge is 2.46. The van der Waals surface area contributed by atoms with E-state index in [1.165, 1.54) is 0 Å². The van der Waals surface area contributed by atoms with E-state index in [-0.39, 0.29) is 5.41 Å². The molecular weight excluding hydrogens is 174 g/mol. The van der Waals surface area contributed by atoms with E-state index in [2.05, 4.69) is 4.98 Å². The largest absolute Gasteiger partial charge is 0.299 e. The summed E-state index contributed by atoms with van der Waals surface area (Å²) in [5.74, 6) is 0.355. The van der Waals surface area contributed by atoms with Crippen LogP contribution >= 0.6 is 0 Å². The number of pyridine rings is 1. The molecule has 0 unspecified atom stereocenters. The first-order chi connectivity index (χ1) is 6.73. The Kier molecular flexibility index (Phi) is 2.36. The molecule has 1 aromatic heterocycles. The van der Waals surface area contributed by atoms with Gasteiger partial charge in [-0.1, -0.05) is 6.07 Å². The lowest BCUT2D eigenvalue weighted by Crippen LogP contribution is -2.12. The van der Waals surface area contributed by atoms with Crippen LogP contribution in [-0.2, 0) is 11.2 Å². The van der Waals surface area contributed by atoms with Crippen molar-refractivity contribution < 1.29 is 4.79 Å². The number of nitrogens with zero attached hydrogens (tertiary/aromatic N) is 1. The minimum absolute atomic E-state index is 0.0253. The van der Waals surface area contributed by atoms with Gasteiger partial charge in [0.2, 0.25) is 0 Å². The van der Waals surface area contributed by atoms with Gasteiger partial charge in [0.1, 0.15) is 5.78 Å². The maximum absolute atomic E-state index is 11.3. The molecule has 0 aromatic carbocycles. The van der Waals surface area contributed by atoms with Crippen LogP contribution in [0.4, 0.5) is 0 Å². The molecule has 1 aliphatic carbocycles. The number of Topliss-reactive ketones (excluding diaryl/α,β-unsaturated/α-hetero) is 1. The Morgan fingerprint density at radius 1 is 1.50 bits per heavy atom. The molecule has 2 rings (SSSR count). The fourth-order valence-electron chi connectivity index (χ4n) is 1.84. The van der Waals surface area contributed by atoms with Crippen molar-refractivity contribution in [3.05, 3.63) is 30.1 Å². The number of rotatable bonds is 4. The number of ketones is 1. The molecule has 2 nitrogen and oxygen atoms in total. The van der Waals surface area contributed by atoms with E-state index in [4.69, 9.17) is 0 Å². The molecule has 2 heteroatoms. The van der Waals surface area contributed by atoms with Crippen molar-refractivity contribution >= 4 is 5.78 Å². The molecule has 0 atom stereocenters. The molecule has 1 heterocycles. The first-order valence-electron chi connectivity index (χ1n) is 5.14. The fourth-order valence-corrected chi connectivity index (χ4v) is 1.84. The van der Waals surface area contributed by atoms with E-state index in [0.29, 0.717) is 5.78 Å². The van der Waals surface area contributed by atoms with Gasteiger partial charge in [0.15, 0.2) is 0 Å². The number of aryl methyl sites for hydroxylation is 1. The first kappa shape index (κ1) is 9.38. The monoisotopic (exact) mass is 189 g/mol. The van der Waals surface area contributed by atoms with Crippen molar-refractivity contribution in [2.24, 2.45) is 5.41 Å². The first-order valence-corrected chi connectivity index (χ1v) is 5.14. The van der Waals surface area contributed by atoms with Crippen LogP contribution in [0, 0.1) is 5.41 Å². The quantitative estimate of drug-likeness (QED) is 0.728. The van der Waals surface area contributed by atoms with Crippen molar-refractivity contribution in [2.45, 2.75) is 32.6 Å². The third-order valence-electron chi connectivity index (χ3n) is 3.19. The third-order valence-corrected chi connectivity index (χ3v) is 3.19. The van der Waals surface area contributed by atoms with Gasteiger partial charge in [-0.15, -0.1) is 0 Å². The Hall–Kier alpha value is -1.18. The number of carbonyl (C=O) groups excluding carboxylic acids is 1. The normalized spacial score (nSPS) is 17.8. The summed E-state index contributed by atoms with van der Waals surface area (Å²) in [6, 6.07) is 5.94. The third kappa shape index (κ3) is 1.84. The van der Waals surface area contributed by atoms with Gasteiger partial charge in [-0.3, -0.25) is 9.78 Å². The summed E-state index contributed by atoms with van der Waals surface area (Å²) < 4.78 is 0. The minimum Gasteiger partial charge on any atom is -0.299 e. The second kappa shape index (κ2) is 3.52. The van der Waals surface area contributed by atoms with Crippen molar-refractivity contribution in [1.82, 2.24) is 4.98 Å². The smallest absolute Gasteiger partial charge is 0.135 e. The van der Waals surface area contributed by atoms with Crippen molar-refractivity contribution in [1.29, 1.82) is 0 Å². The van der Waals surface area contributed by atoms with E-state index in [9.17, 15) is 4.79 Å².